The molecule has 0 amide bonds. The first kappa shape index (κ1) is 12.6. The summed E-state index contributed by atoms with van der Waals surface area (Å²) in [6, 6.07) is 0. The van der Waals surface area contributed by atoms with Crippen molar-refractivity contribution in [3.05, 3.63) is 27.2 Å². The SMILES string of the molecule is CC1(C(=O)O)CCc2c1n[nH]c(=O)c2C(F)(F)F. The molecule has 0 fully saturated rings. The van der Waals surface area contributed by atoms with Gasteiger partial charge < -0.3 is 5.11 Å². The Morgan fingerprint density at radius 1 is 1.50 bits per heavy atom. The summed E-state index contributed by atoms with van der Waals surface area (Å²) in [7, 11) is 0. The van der Waals surface area contributed by atoms with Crippen LogP contribution in [0, 0.1) is 0 Å². The van der Waals surface area contributed by atoms with Crippen molar-refractivity contribution in [3.8, 4) is 0 Å². The van der Waals surface area contributed by atoms with Crippen LogP contribution < -0.4 is 5.56 Å². The molecule has 1 aromatic heterocycles. The fourth-order valence-corrected chi connectivity index (χ4v) is 2.19. The zero-order valence-corrected chi connectivity index (χ0v) is 9.26. The Balaban J connectivity index is 2.74. The van der Waals surface area contributed by atoms with Crippen molar-refractivity contribution in [1.29, 1.82) is 0 Å². The summed E-state index contributed by atoms with van der Waals surface area (Å²) < 4.78 is 38.3. The highest BCUT2D eigenvalue weighted by Crippen LogP contribution is 2.41. The molecule has 0 saturated carbocycles. The molecule has 0 aliphatic heterocycles. The van der Waals surface area contributed by atoms with Crippen molar-refractivity contribution in [2.45, 2.75) is 31.4 Å². The van der Waals surface area contributed by atoms with E-state index < -0.39 is 28.7 Å². The molecule has 1 heterocycles. The predicted octanol–water partition coefficient (Wildman–Crippen LogP) is 1.08. The fourth-order valence-electron chi connectivity index (χ4n) is 2.19. The van der Waals surface area contributed by atoms with Gasteiger partial charge in [0.05, 0.1) is 5.69 Å². The summed E-state index contributed by atoms with van der Waals surface area (Å²) in [5.74, 6) is -1.26. The predicted molar refractivity (Wildman–Crippen MR) is 53.2 cm³/mol. The summed E-state index contributed by atoms with van der Waals surface area (Å²) in [4.78, 5) is 22.3. The molecular formula is C10H9F3N2O3. The van der Waals surface area contributed by atoms with Gasteiger partial charge in [0.15, 0.2) is 0 Å². The molecule has 5 nitrogen and oxygen atoms in total. The van der Waals surface area contributed by atoms with Crippen LogP contribution in [0.3, 0.4) is 0 Å². The highest BCUT2D eigenvalue weighted by molar-refractivity contribution is 5.82. The summed E-state index contributed by atoms with van der Waals surface area (Å²) in [5.41, 5.74) is -4.68. The minimum atomic E-state index is -4.82. The summed E-state index contributed by atoms with van der Waals surface area (Å²) >= 11 is 0. The first-order valence-electron chi connectivity index (χ1n) is 5.10. The van der Waals surface area contributed by atoms with Gasteiger partial charge in [-0.3, -0.25) is 9.59 Å². The van der Waals surface area contributed by atoms with Crippen LogP contribution in [0.5, 0.6) is 0 Å². The molecule has 98 valence electrons. The molecule has 1 aromatic rings. The fraction of sp³-hybridized carbons (Fsp3) is 0.500. The van der Waals surface area contributed by atoms with E-state index in [1.165, 1.54) is 6.92 Å². The number of carboxylic acid groups (broad SMARTS) is 1. The number of H-pyrrole nitrogens is 1. The molecule has 1 unspecified atom stereocenters. The van der Waals surface area contributed by atoms with Crippen molar-refractivity contribution in [2.24, 2.45) is 0 Å². The Kier molecular flexibility index (Phi) is 2.49. The molecule has 0 saturated heterocycles. The first-order chi connectivity index (χ1) is 8.18. The van der Waals surface area contributed by atoms with Crippen LogP contribution in [-0.4, -0.2) is 21.3 Å². The Labute approximate surface area is 98.6 Å². The lowest BCUT2D eigenvalue weighted by Gasteiger charge is -2.18. The van der Waals surface area contributed by atoms with E-state index in [-0.39, 0.29) is 24.1 Å². The van der Waals surface area contributed by atoms with Crippen LogP contribution in [0.2, 0.25) is 0 Å². The molecule has 0 radical (unpaired) electrons. The number of rotatable bonds is 1. The molecule has 2 N–H and O–H groups in total. The maximum Gasteiger partial charge on any atom is 0.422 e. The maximum atomic E-state index is 12.8. The van der Waals surface area contributed by atoms with Gasteiger partial charge >= 0.3 is 12.1 Å². The van der Waals surface area contributed by atoms with E-state index in [0.717, 1.165) is 0 Å². The van der Waals surface area contributed by atoms with Crippen LogP contribution >= 0.6 is 0 Å². The number of alkyl halides is 3. The molecule has 8 heteroatoms. The van der Waals surface area contributed by atoms with Crippen LogP contribution in [0.25, 0.3) is 0 Å². The number of carboxylic acids is 1. The Bertz CT molecular complexity index is 579. The van der Waals surface area contributed by atoms with Gasteiger partial charge in [0, 0.05) is 0 Å². The minimum Gasteiger partial charge on any atom is -0.481 e. The van der Waals surface area contributed by atoms with E-state index in [1.54, 1.807) is 5.10 Å². The molecule has 0 bridgehead atoms. The van der Waals surface area contributed by atoms with Crippen molar-refractivity contribution < 1.29 is 23.1 Å². The highest BCUT2D eigenvalue weighted by Gasteiger charge is 2.48. The monoisotopic (exact) mass is 262 g/mol. The van der Waals surface area contributed by atoms with Gasteiger partial charge in [-0.2, -0.15) is 18.3 Å². The Morgan fingerprint density at radius 3 is 2.61 bits per heavy atom. The molecule has 1 aliphatic rings. The van der Waals surface area contributed by atoms with E-state index in [1.807, 2.05) is 0 Å². The molecule has 2 rings (SSSR count). The van der Waals surface area contributed by atoms with E-state index >= 15 is 0 Å². The third kappa shape index (κ3) is 1.59. The van der Waals surface area contributed by atoms with Crippen LogP contribution in [0.4, 0.5) is 13.2 Å². The van der Waals surface area contributed by atoms with E-state index in [9.17, 15) is 22.8 Å². The smallest absolute Gasteiger partial charge is 0.422 e. The first-order valence-corrected chi connectivity index (χ1v) is 5.10. The number of nitrogens with one attached hydrogen (secondary N) is 1. The Hall–Kier alpha value is -1.86. The number of aromatic amines is 1. The van der Waals surface area contributed by atoms with Gasteiger partial charge in [-0.25, -0.2) is 5.10 Å². The molecule has 1 atom stereocenters. The van der Waals surface area contributed by atoms with Crippen molar-refractivity contribution in [2.75, 3.05) is 0 Å². The molecular weight excluding hydrogens is 253 g/mol. The number of halogens is 3. The van der Waals surface area contributed by atoms with Crippen molar-refractivity contribution in [1.82, 2.24) is 10.2 Å². The lowest BCUT2D eigenvalue weighted by molar-refractivity contribution is -0.143. The number of hydrogen-bond donors (Lipinski definition) is 2. The maximum absolute atomic E-state index is 12.8. The van der Waals surface area contributed by atoms with E-state index in [2.05, 4.69) is 5.10 Å². The molecule has 0 spiro atoms. The second-order valence-electron chi connectivity index (χ2n) is 4.39. The second kappa shape index (κ2) is 3.56. The number of carbonyl (C=O) groups is 1. The van der Waals surface area contributed by atoms with Gasteiger partial charge in [-0.1, -0.05) is 0 Å². The standard InChI is InChI=1S/C10H9F3N2O3/c1-9(8(17)18)3-2-4-5(10(11,12)13)7(16)15-14-6(4)9/h2-3H2,1H3,(H,15,16)(H,17,18). The van der Waals surface area contributed by atoms with Gasteiger partial charge in [0.1, 0.15) is 11.0 Å². The largest absolute Gasteiger partial charge is 0.481 e. The lowest BCUT2D eigenvalue weighted by Crippen LogP contribution is -2.33. The number of aromatic nitrogens is 2. The third-order valence-corrected chi connectivity index (χ3v) is 3.24. The molecule has 1 aliphatic carbocycles. The third-order valence-electron chi connectivity index (χ3n) is 3.24. The minimum absolute atomic E-state index is 0.00889. The Morgan fingerprint density at radius 2 is 2.11 bits per heavy atom. The molecule has 0 aromatic carbocycles. The van der Waals surface area contributed by atoms with Gasteiger partial charge in [0.2, 0.25) is 0 Å². The van der Waals surface area contributed by atoms with E-state index in [0.29, 0.717) is 0 Å². The summed E-state index contributed by atoms with van der Waals surface area (Å²) in [6.07, 6.45) is -4.95. The van der Waals surface area contributed by atoms with Crippen LogP contribution in [0.1, 0.15) is 30.2 Å². The normalized spacial score (nSPS) is 22.9. The summed E-state index contributed by atoms with van der Waals surface area (Å²) in [5, 5.41) is 14.3. The average molecular weight is 262 g/mol. The lowest BCUT2D eigenvalue weighted by atomic mass is 9.88. The quantitative estimate of drug-likeness (QED) is 0.793. The number of aliphatic carboxylic acids is 1. The number of hydrogen-bond acceptors (Lipinski definition) is 3. The zero-order valence-electron chi connectivity index (χ0n) is 9.26. The van der Waals surface area contributed by atoms with Crippen molar-refractivity contribution >= 4 is 5.97 Å². The molecule has 18 heavy (non-hydrogen) atoms. The van der Waals surface area contributed by atoms with Gasteiger partial charge in [0.25, 0.3) is 5.56 Å². The summed E-state index contributed by atoms with van der Waals surface area (Å²) in [6.45, 7) is 1.30. The second-order valence-corrected chi connectivity index (χ2v) is 4.39. The van der Waals surface area contributed by atoms with Gasteiger partial charge in [-0.05, 0) is 25.3 Å². The van der Waals surface area contributed by atoms with Gasteiger partial charge in [-0.15, -0.1) is 0 Å². The van der Waals surface area contributed by atoms with Crippen LogP contribution in [0.15, 0.2) is 4.79 Å². The average Bonchev–Trinajstić information content (AvgIpc) is 2.55. The number of nitrogens with zero attached hydrogens (tertiary/aromatic N) is 1. The number of fused-ring (bicyclic) bond motifs is 1. The van der Waals surface area contributed by atoms with Crippen molar-refractivity contribution in [3.63, 3.8) is 0 Å². The zero-order chi connectivity index (χ0) is 13.7. The van der Waals surface area contributed by atoms with E-state index in [4.69, 9.17) is 5.11 Å². The van der Waals surface area contributed by atoms with Crippen LogP contribution in [-0.2, 0) is 22.8 Å². The topological polar surface area (TPSA) is 83.0 Å². The highest BCUT2D eigenvalue weighted by atomic mass is 19.4.